The fourth-order valence-corrected chi connectivity index (χ4v) is 5.98. The molecule has 2 N–H and O–H groups in total. The Labute approximate surface area is 142 Å². The van der Waals surface area contributed by atoms with Crippen molar-refractivity contribution in [1.82, 2.24) is 0 Å². The van der Waals surface area contributed by atoms with E-state index in [2.05, 4.69) is 6.92 Å². The number of hydrogen-bond donors (Lipinski definition) is 1. The molecule has 0 radical (unpaired) electrons. The van der Waals surface area contributed by atoms with Crippen molar-refractivity contribution in [3.05, 3.63) is 29.3 Å². The average molecular weight is 349 g/mol. The smallest absolute Gasteiger partial charge is 0.371 e. The summed E-state index contributed by atoms with van der Waals surface area (Å²) in [5.74, 6) is 1.99. The fraction of sp³-hybridized carbons (Fsp3) is 0.611. The topological polar surface area (TPSA) is 86.5 Å². The Morgan fingerprint density at radius 1 is 1.21 bits per heavy atom. The number of nitrogens with two attached hydrogens (primary N) is 1. The molecule has 0 spiro atoms. The van der Waals surface area contributed by atoms with Gasteiger partial charge in [0, 0.05) is 12.3 Å². The molecule has 0 aromatic heterocycles. The molecule has 0 unspecified atom stereocenters. The molecule has 5 nitrogen and oxygen atoms in total. The lowest BCUT2D eigenvalue weighted by atomic mass is 9.54. The maximum Gasteiger partial charge on any atom is 0.380 e. The number of hydrogen-bond acceptors (Lipinski definition) is 4. The number of ketones is 1. The molecular weight excluding hydrogens is 326 g/mol. The molecule has 0 bridgehead atoms. The molecule has 0 amide bonds. The van der Waals surface area contributed by atoms with Gasteiger partial charge in [0.2, 0.25) is 0 Å². The molecule has 0 saturated heterocycles. The van der Waals surface area contributed by atoms with E-state index < -0.39 is 10.3 Å². The quantitative estimate of drug-likeness (QED) is 0.889. The highest BCUT2D eigenvalue weighted by atomic mass is 32.2. The first-order chi connectivity index (χ1) is 11.3. The van der Waals surface area contributed by atoms with Crippen LogP contribution in [0.4, 0.5) is 0 Å². The zero-order valence-corrected chi connectivity index (χ0v) is 14.6. The second-order valence-electron chi connectivity index (χ2n) is 7.79. The Morgan fingerprint density at radius 2 is 2.00 bits per heavy atom. The highest BCUT2D eigenvalue weighted by Crippen LogP contribution is 2.61. The van der Waals surface area contributed by atoms with Crippen LogP contribution in [-0.4, -0.2) is 14.2 Å². The number of fused-ring (bicyclic) bond motifs is 5. The Morgan fingerprint density at radius 3 is 2.75 bits per heavy atom. The second kappa shape index (κ2) is 5.30. The SMILES string of the molecule is C[C@]12CCC(=O)[C@@H]1CC[C@@H]1c3ccc(OS(N)(=O)=O)cc3CC[C@H]12. The van der Waals surface area contributed by atoms with Crippen LogP contribution in [0.15, 0.2) is 18.2 Å². The predicted molar refractivity (Wildman–Crippen MR) is 89.8 cm³/mol. The molecule has 6 heteroatoms. The molecule has 0 heterocycles. The van der Waals surface area contributed by atoms with Crippen molar-refractivity contribution < 1.29 is 17.4 Å². The van der Waals surface area contributed by atoms with E-state index in [9.17, 15) is 13.2 Å². The third-order valence-corrected chi connectivity index (χ3v) is 7.07. The molecule has 24 heavy (non-hydrogen) atoms. The molecule has 4 atom stereocenters. The van der Waals surface area contributed by atoms with Crippen LogP contribution in [-0.2, 0) is 21.5 Å². The van der Waals surface area contributed by atoms with Crippen LogP contribution in [0.1, 0.15) is 56.1 Å². The van der Waals surface area contributed by atoms with Gasteiger partial charge in [0.25, 0.3) is 0 Å². The fourth-order valence-electron chi connectivity index (χ4n) is 5.61. The van der Waals surface area contributed by atoms with Crippen molar-refractivity contribution in [1.29, 1.82) is 0 Å². The van der Waals surface area contributed by atoms with Crippen LogP contribution in [0, 0.1) is 17.3 Å². The standard InChI is InChI=1S/C18H23NO4S/c1-18-9-8-17(20)16(18)7-5-14-13-4-3-12(23-24(19,21)22)10-11(13)2-6-15(14)18/h3-4,10,14-16H,2,5-9H2,1H3,(H2,19,21,22)/t14-,15-,16+,18-/m1/s1. The Hall–Kier alpha value is -1.40. The first kappa shape index (κ1) is 16.1. The van der Waals surface area contributed by atoms with E-state index in [1.54, 1.807) is 6.07 Å². The summed E-state index contributed by atoms with van der Waals surface area (Å²) in [6, 6.07) is 5.50. The maximum atomic E-state index is 12.2. The molecule has 1 aromatic carbocycles. The van der Waals surface area contributed by atoms with E-state index in [1.165, 1.54) is 5.56 Å². The summed E-state index contributed by atoms with van der Waals surface area (Å²) in [6.07, 6.45) is 5.72. The number of Topliss-reactive ketones (excluding diaryl/α,β-unsaturated/α-hetero) is 1. The predicted octanol–water partition coefficient (Wildman–Crippen LogP) is 2.69. The lowest BCUT2D eigenvalue weighted by Crippen LogP contribution is -2.43. The van der Waals surface area contributed by atoms with E-state index in [1.807, 2.05) is 12.1 Å². The van der Waals surface area contributed by atoms with Gasteiger partial charge in [0.1, 0.15) is 11.5 Å². The highest BCUT2D eigenvalue weighted by molar-refractivity contribution is 7.84. The Balaban J connectivity index is 1.67. The summed E-state index contributed by atoms with van der Waals surface area (Å²) in [5.41, 5.74) is 2.59. The normalized spacial score (nSPS) is 35.1. The largest absolute Gasteiger partial charge is 0.380 e. The minimum Gasteiger partial charge on any atom is -0.371 e. The van der Waals surface area contributed by atoms with Crippen molar-refractivity contribution in [2.45, 2.75) is 51.4 Å². The zero-order valence-electron chi connectivity index (χ0n) is 13.8. The van der Waals surface area contributed by atoms with Crippen molar-refractivity contribution in [3.63, 3.8) is 0 Å². The third-order valence-electron chi connectivity index (χ3n) is 6.64. The zero-order chi connectivity index (χ0) is 17.1. The first-order valence-corrected chi connectivity index (χ1v) is 10.1. The highest BCUT2D eigenvalue weighted by Gasteiger charge is 2.55. The van der Waals surface area contributed by atoms with Crippen LogP contribution in [0.25, 0.3) is 0 Å². The van der Waals surface area contributed by atoms with Gasteiger partial charge in [-0.3, -0.25) is 4.79 Å². The molecule has 2 saturated carbocycles. The van der Waals surface area contributed by atoms with Crippen LogP contribution < -0.4 is 9.32 Å². The summed E-state index contributed by atoms with van der Waals surface area (Å²) in [7, 11) is -3.99. The van der Waals surface area contributed by atoms with Crippen molar-refractivity contribution in [2.75, 3.05) is 0 Å². The minimum atomic E-state index is -3.99. The molecule has 130 valence electrons. The van der Waals surface area contributed by atoms with Crippen LogP contribution in [0.5, 0.6) is 5.75 Å². The minimum absolute atomic E-state index is 0.132. The van der Waals surface area contributed by atoms with Gasteiger partial charge in [-0.1, -0.05) is 13.0 Å². The van der Waals surface area contributed by atoms with Gasteiger partial charge in [0.05, 0.1) is 0 Å². The van der Waals surface area contributed by atoms with E-state index >= 15 is 0 Å². The van der Waals surface area contributed by atoms with Gasteiger partial charge >= 0.3 is 10.3 Å². The van der Waals surface area contributed by atoms with Gasteiger partial charge in [-0.15, -0.1) is 0 Å². The molecule has 1 aromatic rings. The van der Waals surface area contributed by atoms with Gasteiger partial charge < -0.3 is 4.18 Å². The molecule has 4 rings (SSSR count). The number of carbonyl (C=O) groups excluding carboxylic acids is 1. The number of benzene rings is 1. The molecule has 0 aliphatic heterocycles. The third kappa shape index (κ3) is 2.47. The van der Waals surface area contributed by atoms with E-state index in [0.29, 0.717) is 17.6 Å². The molecule has 3 aliphatic carbocycles. The summed E-state index contributed by atoms with van der Waals surface area (Å²) in [4.78, 5) is 12.2. The van der Waals surface area contributed by atoms with Gasteiger partial charge in [0.15, 0.2) is 0 Å². The number of rotatable bonds is 2. The van der Waals surface area contributed by atoms with Gasteiger partial charge in [-0.2, -0.15) is 13.6 Å². The lowest BCUT2D eigenvalue weighted by molar-refractivity contribution is -0.124. The summed E-state index contributed by atoms with van der Waals surface area (Å²) < 4.78 is 27.0. The lowest BCUT2D eigenvalue weighted by Gasteiger charge is -2.50. The number of carbonyl (C=O) groups is 1. The molecule has 3 aliphatic rings. The van der Waals surface area contributed by atoms with E-state index in [0.717, 1.165) is 44.1 Å². The van der Waals surface area contributed by atoms with Crippen molar-refractivity contribution >= 4 is 16.1 Å². The Bertz CT molecular complexity index is 803. The Kier molecular flexibility index (Phi) is 3.55. The monoisotopic (exact) mass is 349 g/mol. The van der Waals surface area contributed by atoms with E-state index in [-0.39, 0.29) is 17.1 Å². The first-order valence-electron chi connectivity index (χ1n) is 8.66. The summed E-state index contributed by atoms with van der Waals surface area (Å²) >= 11 is 0. The van der Waals surface area contributed by atoms with E-state index in [4.69, 9.17) is 9.32 Å². The van der Waals surface area contributed by atoms with Gasteiger partial charge in [-0.25, -0.2) is 0 Å². The van der Waals surface area contributed by atoms with Crippen molar-refractivity contribution in [2.24, 2.45) is 22.4 Å². The summed E-state index contributed by atoms with van der Waals surface area (Å²) in [6.45, 7) is 2.31. The maximum absolute atomic E-state index is 12.2. The van der Waals surface area contributed by atoms with Crippen molar-refractivity contribution in [3.8, 4) is 5.75 Å². The second-order valence-corrected chi connectivity index (χ2v) is 8.94. The van der Waals surface area contributed by atoms with Crippen LogP contribution in [0.2, 0.25) is 0 Å². The molecular formula is C18H23NO4S. The van der Waals surface area contributed by atoms with Gasteiger partial charge in [-0.05, 0) is 72.6 Å². The summed E-state index contributed by atoms with van der Waals surface area (Å²) in [5, 5.41) is 4.96. The number of aryl methyl sites for hydroxylation is 1. The van der Waals surface area contributed by atoms with Crippen LogP contribution >= 0.6 is 0 Å². The van der Waals surface area contributed by atoms with Crippen LogP contribution in [0.3, 0.4) is 0 Å². The molecule has 2 fully saturated rings. The average Bonchev–Trinajstić information content (AvgIpc) is 2.81.